The zero-order valence-corrected chi connectivity index (χ0v) is 16.2. The number of hydrazone groups is 1. The molecule has 1 aliphatic rings. The molecule has 1 amide bonds. The van der Waals surface area contributed by atoms with Crippen molar-refractivity contribution in [3.8, 4) is 22.6 Å². The molecule has 4 rings (SSSR count). The highest BCUT2D eigenvalue weighted by Crippen LogP contribution is 2.30. The number of hydrogen-bond acceptors (Lipinski definition) is 4. The average Bonchev–Trinajstić information content (AvgIpc) is 2.80. The topological polar surface area (TPSA) is 59.9 Å². The Labute approximate surface area is 170 Å². The smallest absolute Gasteiger partial charge is 0.271 e. The molecule has 1 N–H and O–H groups in total. The number of fused-ring (bicyclic) bond motifs is 1. The van der Waals surface area contributed by atoms with Gasteiger partial charge in [-0.2, -0.15) is 5.10 Å². The Hall–Kier alpha value is -3.60. The summed E-state index contributed by atoms with van der Waals surface area (Å²) in [7, 11) is 0. The molecule has 0 radical (unpaired) electrons. The number of nitrogens with one attached hydrogen (secondary N) is 1. The van der Waals surface area contributed by atoms with Crippen molar-refractivity contribution in [2.75, 3.05) is 13.2 Å². The van der Waals surface area contributed by atoms with Crippen molar-refractivity contribution in [1.82, 2.24) is 5.43 Å². The molecule has 3 aromatic rings. The molecule has 3 aromatic carbocycles. The van der Waals surface area contributed by atoms with E-state index in [-0.39, 0.29) is 5.91 Å². The van der Waals surface area contributed by atoms with E-state index in [1.165, 1.54) is 5.56 Å². The van der Waals surface area contributed by atoms with Gasteiger partial charge in [0.2, 0.25) is 0 Å². The minimum atomic E-state index is -0.283. The molecular weight excluding hydrogens is 364 g/mol. The van der Waals surface area contributed by atoms with Crippen molar-refractivity contribution in [2.24, 2.45) is 5.10 Å². The van der Waals surface area contributed by atoms with E-state index in [4.69, 9.17) is 9.47 Å². The zero-order chi connectivity index (χ0) is 20.1. The van der Waals surface area contributed by atoms with Crippen LogP contribution in [0.1, 0.15) is 29.3 Å². The highest BCUT2D eigenvalue weighted by molar-refractivity contribution is 6.02. The van der Waals surface area contributed by atoms with Crippen LogP contribution in [0.2, 0.25) is 0 Å². The maximum absolute atomic E-state index is 12.5. The van der Waals surface area contributed by atoms with Gasteiger partial charge in [0.1, 0.15) is 13.2 Å². The van der Waals surface area contributed by atoms with Crippen molar-refractivity contribution in [1.29, 1.82) is 0 Å². The standard InChI is InChI=1S/C24H22N2O3/c1-2-21(19-10-8-18(9-11-19)17-6-4-3-5-7-17)25-26-24(27)20-12-13-22-23(16-20)29-15-14-28-22/h3-13,16H,2,14-15H2,1H3,(H,26,27). The third-order valence-corrected chi connectivity index (χ3v) is 4.76. The lowest BCUT2D eigenvalue weighted by Crippen LogP contribution is -2.21. The molecule has 1 heterocycles. The predicted octanol–water partition coefficient (Wildman–Crippen LogP) is 4.67. The zero-order valence-electron chi connectivity index (χ0n) is 16.2. The number of benzene rings is 3. The van der Waals surface area contributed by atoms with Crippen LogP contribution >= 0.6 is 0 Å². The van der Waals surface area contributed by atoms with Crippen LogP contribution in [-0.2, 0) is 0 Å². The molecule has 0 spiro atoms. The average molecular weight is 386 g/mol. The number of hydrogen-bond donors (Lipinski definition) is 1. The molecule has 0 aromatic heterocycles. The van der Waals surface area contributed by atoms with E-state index in [9.17, 15) is 4.79 Å². The van der Waals surface area contributed by atoms with E-state index in [1.807, 2.05) is 37.3 Å². The first-order chi connectivity index (χ1) is 14.2. The molecular formula is C24H22N2O3. The second-order valence-electron chi connectivity index (χ2n) is 6.65. The van der Waals surface area contributed by atoms with Crippen LogP contribution < -0.4 is 14.9 Å². The van der Waals surface area contributed by atoms with Crippen LogP contribution in [-0.4, -0.2) is 24.8 Å². The predicted molar refractivity (Wildman–Crippen MR) is 114 cm³/mol. The molecule has 0 bridgehead atoms. The Bertz CT molecular complexity index is 1030. The highest BCUT2D eigenvalue weighted by atomic mass is 16.6. The largest absolute Gasteiger partial charge is 0.486 e. The normalized spacial score (nSPS) is 13.1. The fourth-order valence-electron chi connectivity index (χ4n) is 3.20. The Morgan fingerprint density at radius 3 is 2.24 bits per heavy atom. The summed E-state index contributed by atoms with van der Waals surface area (Å²) in [5.74, 6) is 0.956. The number of nitrogens with zero attached hydrogens (tertiary/aromatic N) is 1. The van der Waals surface area contributed by atoms with Crippen LogP contribution in [0.25, 0.3) is 11.1 Å². The monoisotopic (exact) mass is 386 g/mol. The number of carbonyl (C=O) groups is 1. The van der Waals surface area contributed by atoms with Gasteiger partial charge in [0, 0.05) is 5.56 Å². The summed E-state index contributed by atoms with van der Waals surface area (Å²) in [5.41, 5.74) is 7.24. The van der Waals surface area contributed by atoms with Crippen LogP contribution in [0.5, 0.6) is 11.5 Å². The van der Waals surface area contributed by atoms with Gasteiger partial charge >= 0.3 is 0 Å². The van der Waals surface area contributed by atoms with E-state index in [1.54, 1.807) is 18.2 Å². The van der Waals surface area contributed by atoms with Crippen LogP contribution in [0, 0.1) is 0 Å². The fourth-order valence-corrected chi connectivity index (χ4v) is 3.20. The van der Waals surface area contributed by atoms with Crippen LogP contribution in [0.3, 0.4) is 0 Å². The van der Waals surface area contributed by atoms with Gasteiger partial charge in [-0.15, -0.1) is 0 Å². The van der Waals surface area contributed by atoms with Crippen molar-refractivity contribution in [3.05, 3.63) is 83.9 Å². The van der Waals surface area contributed by atoms with E-state index in [0.29, 0.717) is 36.7 Å². The first kappa shape index (κ1) is 18.7. The van der Waals surface area contributed by atoms with Gasteiger partial charge in [0.15, 0.2) is 11.5 Å². The van der Waals surface area contributed by atoms with Crippen molar-refractivity contribution < 1.29 is 14.3 Å². The second kappa shape index (κ2) is 8.61. The molecule has 0 saturated carbocycles. The first-order valence-corrected chi connectivity index (χ1v) is 9.67. The highest BCUT2D eigenvalue weighted by Gasteiger charge is 2.15. The lowest BCUT2D eigenvalue weighted by atomic mass is 10.0. The third-order valence-electron chi connectivity index (χ3n) is 4.76. The minimum absolute atomic E-state index is 0.283. The summed E-state index contributed by atoms with van der Waals surface area (Å²) in [6.45, 7) is 3.01. The van der Waals surface area contributed by atoms with E-state index >= 15 is 0 Å². The number of rotatable bonds is 5. The first-order valence-electron chi connectivity index (χ1n) is 9.67. The Kier molecular flexibility index (Phi) is 5.56. The van der Waals surface area contributed by atoms with Gasteiger partial charge in [0.05, 0.1) is 5.71 Å². The molecule has 0 saturated heterocycles. The Morgan fingerprint density at radius 1 is 0.862 bits per heavy atom. The maximum Gasteiger partial charge on any atom is 0.271 e. The van der Waals surface area contributed by atoms with Gasteiger partial charge in [-0.25, -0.2) is 5.43 Å². The lowest BCUT2D eigenvalue weighted by molar-refractivity contribution is 0.0953. The molecule has 5 nitrogen and oxygen atoms in total. The molecule has 146 valence electrons. The van der Waals surface area contributed by atoms with Crippen LogP contribution in [0.4, 0.5) is 0 Å². The van der Waals surface area contributed by atoms with Gasteiger partial charge in [-0.05, 0) is 41.3 Å². The molecule has 0 fully saturated rings. The molecule has 5 heteroatoms. The molecule has 0 unspecified atom stereocenters. The molecule has 0 atom stereocenters. The summed E-state index contributed by atoms with van der Waals surface area (Å²) < 4.78 is 11.0. The Morgan fingerprint density at radius 2 is 1.52 bits per heavy atom. The van der Waals surface area contributed by atoms with E-state index < -0.39 is 0 Å². The SMILES string of the molecule is CCC(=NNC(=O)c1ccc2c(c1)OCCO2)c1ccc(-c2ccccc2)cc1. The van der Waals surface area contributed by atoms with E-state index in [0.717, 1.165) is 16.8 Å². The third kappa shape index (κ3) is 4.29. The summed E-state index contributed by atoms with van der Waals surface area (Å²) in [6, 6.07) is 23.5. The Balaban J connectivity index is 1.48. The number of carbonyl (C=O) groups excluding carboxylic acids is 1. The summed E-state index contributed by atoms with van der Waals surface area (Å²) in [4.78, 5) is 12.5. The number of ether oxygens (including phenoxy) is 2. The van der Waals surface area contributed by atoms with Crippen molar-refractivity contribution >= 4 is 11.6 Å². The minimum Gasteiger partial charge on any atom is -0.486 e. The van der Waals surface area contributed by atoms with Crippen LogP contribution in [0.15, 0.2) is 77.9 Å². The van der Waals surface area contributed by atoms with E-state index in [2.05, 4.69) is 34.8 Å². The fraction of sp³-hybridized carbons (Fsp3) is 0.167. The van der Waals surface area contributed by atoms with Gasteiger partial charge in [0.25, 0.3) is 5.91 Å². The molecule has 29 heavy (non-hydrogen) atoms. The van der Waals surface area contributed by atoms with Gasteiger partial charge in [-0.1, -0.05) is 61.5 Å². The summed E-state index contributed by atoms with van der Waals surface area (Å²) in [5, 5.41) is 4.35. The second-order valence-corrected chi connectivity index (χ2v) is 6.65. The maximum atomic E-state index is 12.5. The van der Waals surface area contributed by atoms with Gasteiger partial charge in [-0.3, -0.25) is 4.79 Å². The quantitative estimate of drug-likeness (QED) is 0.512. The summed E-state index contributed by atoms with van der Waals surface area (Å²) in [6.07, 6.45) is 0.700. The van der Waals surface area contributed by atoms with Crippen molar-refractivity contribution in [2.45, 2.75) is 13.3 Å². The summed E-state index contributed by atoms with van der Waals surface area (Å²) >= 11 is 0. The van der Waals surface area contributed by atoms with Crippen molar-refractivity contribution in [3.63, 3.8) is 0 Å². The number of amides is 1. The molecule has 1 aliphatic heterocycles. The molecule has 0 aliphatic carbocycles. The van der Waals surface area contributed by atoms with Gasteiger partial charge < -0.3 is 9.47 Å². The lowest BCUT2D eigenvalue weighted by Gasteiger charge is -2.18.